The van der Waals surface area contributed by atoms with Crippen molar-refractivity contribution in [2.45, 2.75) is 90.0 Å². The Morgan fingerprint density at radius 1 is 1.24 bits per heavy atom. The van der Waals surface area contributed by atoms with Gasteiger partial charge in [0.1, 0.15) is 24.8 Å². The summed E-state index contributed by atoms with van der Waals surface area (Å²) in [6.45, 7) is 9.39. The van der Waals surface area contributed by atoms with Gasteiger partial charge in [0.2, 0.25) is 0 Å². The minimum atomic E-state index is -1.49. The molecule has 0 aromatic carbocycles. The van der Waals surface area contributed by atoms with Crippen molar-refractivity contribution in [2.24, 2.45) is 17.3 Å². The molecule has 10 nitrogen and oxygen atoms in total. The van der Waals surface area contributed by atoms with E-state index in [1.807, 2.05) is 27.7 Å². The van der Waals surface area contributed by atoms with Crippen molar-refractivity contribution < 1.29 is 43.8 Å². The van der Waals surface area contributed by atoms with Gasteiger partial charge in [-0.1, -0.05) is 27.7 Å². The van der Waals surface area contributed by atoms with Gasteiger partial charge in [-0.25, -0.2) is 0 Å². The molecule has 4 N–H and O–H groups in total. The normalized spacial score (nSPS) is 40.1. The van der Waals surface area contributed by atoms with Gasteiger partial charge in [0.25, 0.3) is 5.91 Å². The lowest BCUT2D eigenvalue weighted by Gasteiger charge is -2.54. The molecule has 3 heterocycles. The van der Waals surface area contributed by atoms with Crippen LogP contribution in [0, 0.1) is 17.3 Å². The molecular formula is C23H39NO9. The molecular weight excluding hydrogens is 434 g/mol. The van der Waals surface area contributed by atoms with Crippen LogP contribution in [-0.2, 0) is 28.5 Å². The van der Waals surface area contributed by atoms with E-state index in [-0.39, 0.29) is 36.9 Å². The highest BCUT2D eigenvalue weighted by atomic mass is 16.7. The molecule has 0 spiro atoms. The lowest BCUT2D eigenvalue weighted by Crippen LogP contribution is -2.68. The van der Waals surface area contributed by atoms with Crippen LogP contribution in [0.25, 0.3) is 0 Å². The molecule has 3 aliphatic heterocycles. The fourth-order valence-electron chi connectivity index (χ4n) is 4.88. The van der Waals surface area contributed by atoms with Crippen LogP contribution in [0.2, 0.25) is 0 Å². The molecule has 0 aromatic rings. The first-order valence-corrected chi connectivity index (χ1v) is 11.6. The number of ether oxygens (including phenoxy) is 5. The van der Waals surface area contributed by atoms with Crippen molar-refractivity contribution in [1.82, 2.24) is 5.32 Å². The van der Waals surface area contributed by atoms with E-state index in [1.54, 1.807) is 13.2 Å². The number of hydrogen-bond donors (Lipinski definition) is 4. The van der Waals surface area contributed by atoms with Gasteiger partial charge < -0.3 is 44.3 Å². The summed E-state index contributed by atoms with van der Waals surface area (Å²) in [6, 6.07) is 0. The number of carbonyl (C=O) groups excluding carboxylic acids is 1. The molecule has 190 valence electrons. The van der Waals surface area contributed by atoms with Gasteiger partial charge in [-0.05, 0) is 24.8 Å². The molecule has 0 saturated carbocycles. The third-order valence-electron chi connectivity index (χ3n) is 7.39. The molecule has 0 aromatic heterocycles. The zero-order chi connectivity index (χ0) is 24.5. The van der Waals surface area contributed by atoms with Crippen LogP contribution in [0.1, 0.15) is 41.0 Å². The van der Waals surface area contributed by atoms with Crippen LogP contribution in [-0.4, -0.2) is 90.7 Å². The first-order valence-electron chi connectivity index (χ1n) is 11.6. The highest BCUT2D eigenvalue weighted by molar-refractivity contribution is 5.83. The van der Waals surface area contributed by atoms with Crippen molar-refractivity contribution in [2.75, 3.05) is 20.5 Å². The van der Waals surface area contributed by atoms with Crippen LogP contribution in [0.4, 0.5) is 0 Å². The Morgan fingerprint density at radius 3 is 2.55 bits per heavy atom. The summed E-state index contributed by atoms with van der Waals surface area (Å²) in [7, 11) is 1.57. The van der Waals surface area contributed by atoms with Crippen molar-refractivity contribution in [3.05, 3.63) is 11.8 Å². The summed E-state index contributed by atoms with van der Waals surface area (Å²) in [5.41, 5.74) is -0.554. The highest BCUT2D eigenvalue weighted by Gasteiger charge is 2.56. The van der Waals surface area contributed by atoms with E-state index >= 15 is 0 Å². The number of rotatable bonds is 7. The first-order chi connectivity index (χ1) is 15.5. The zero-order valence-electron chi connectivity index (χ0n) is 20.3. The topological polar surface area (TPSA) is 136 Å². The number of aliphatic hydroxyl groups is 3. The number of allylic oxidation sites excluding steroid dienone is 1. The summed E-state index contributed by atoms with van der Waals surface area (Å²) < 4.78 is 29.2. The number of nitrogens with one attached hydrogen (secondary N) is 1. The number of carbonyl (C=O) groups is 1. The maximum atomic E-state index is 12.9. The van der Waals surface area contributed by atoms with Crippen LogP contribution >= 0.6 is 0 Å². The lowest BCUT2D eigenvalue weighted by atomic mass is 9.72. The van der Waals surface area contributed by atoms with Gasteiger partial charge in [0, 0.05) is 18.9 Å². The molecule has 0 bridgehead atoms. The summed E-state index contributed by atoms with van der Waals surface area (Å²) in [5, 5.41) is 32.7. The Bertz CT molecular complexity index is 714. The monoisotopic (exact) mass is 473 g/mol. The second kappa shape index (κ2) is 10.6. The van der Waals surface area contributed by atoms with E-state index in [1.165, 1.54) is 0 Å². The Hall–Kier alpha value is -1.27. The Kier molecular flexibility index (Phi) is 8.42. The molecule has 3 rings (SSSR count). The third-order valence-corrected chi connectivity index (χ3v) is 7.39. The summed E-state index contributed by atoms with van der Waals surface area (Å²) in [5.74, 6) is -0.0337. The minimum absolute atomic E-state index is 0.0871. The molecule has 33 heavy (non-hydrogen) atoms. The largest absolute Gasteiger partial charge is 0.492 e. The fourth-order valence-corrected chi connectivity index (χ4v) is 4.88. The molecule has 1 amide bonds. The van der Waals surface area contributed by atoms with Crippen molar-refractivity contribution in [1.29, 1.82) is 0 Å². The van der Waals surface area contributed by atoms with Gasteiger partial charge in [-0.2, -0.15) is 0 Å². The molecule has 0 aliphatic carbocycles. The fraction of sp³-hybridized carbons (Fsp3) is 0.870. The third kappa shape index (κ3) is 5.37. The van der Waals surface area contributed by atoms with E-state index in [4.69, 9.17) is 23.7 Å². The smallest absolute Gasteiger partial charge is 0.258 e. The SMILES string of the molecule is CO[C@@H]1[C@H]2OCO[C@@H](NC(=O)[C@@H](O)C3=C[C@@H](C)[C@@H](C)[C@@H](C)O3)[C@H]2O[C@H](C[C@@H](O)CO)C1(C)C. The van der Waals surface area contributed by atoms with E-state index in [9.17, 15) is 20.1 Å². The number of methoxy groups -OCH3 is 1. The lowest BCUT2D eigenvalue weighted by molar-refractivity contribution is -0.331. The number of aliphatic hydroxyl groups excluding tert-OH is 3. The predicted molar refractivity (Wildman–Crippen MR) is 117 cm³/mol. The van der Waals surface area contributed by atoms with Crippen molar-refractivity contribution >= 4 is 5.91 Å². The first kappa shape index (κ1) is 26.3. The summed E-state index contributed by atoms with van der Waals surface area (Å²) in [6.07, 6.45) is -3.77. The molecule has 3 aliphatic rings. The molecule has 2 fully saturated rings. The Balaban J connectivity index is 1.76. The van der Waals surface area contributed by atoms with E-state index in [0.717, 1.165) is 0 Å². The number of hydrogen-bond acceptors (Lipinski definition) is 9. The average Bonchev–Trinajstić information content (AvgIpc) is 2.77. The molecule has 0 unspecified atom stereocenters. The average molecular weight is 474 g/mol. The number of fused-ring (bicyclic) bond motifs is 1. The van der Waals surface area contributed by atoms with Crippen LogP contribution < -0.4 is 5.32 Å². The van der Waals surface area contributed by atoms with Gasteiger partial charge in [-0.3, -0.25) is 4.79 Å². The molecule has 0 radical (unpaired) electrons. The molecule has 10 atom stereocenters. The van der Waals surface area contributed by atoms with E-state index in [2.05, 4.69) is 12.2 Å². The van der Waals surface area contributed by atoms with Crippen LogP contribution in [0.15, 0.2) is 11.8 Å². The second-order valence-corrected chi connectivity index (χ2v) is 10.00. The van der Waals surface area contributed by atoms with Gasteiger partial charge in [0.05, 0.1) is 31.0 Å². The predicted octanol–water partition coefficient (Wildman–Crippen LogP) is 0.289. The van der Waals surface area contributed by atoms with Crippen molar-refractivity contribution in [3.63, 3.8) is 0 Å². The van der Waals surface area contributed by atoms with Gasteiger partial charge in [-0.15, -0.1) is 0 Å². The van der Waals surface area contributed by atoms with Gasteiger partial charge >= 0.3 is 0 Å². The molecule has 2 saturated heterocycles. The Morgan fingerprint density at radius 2 is 1.94 bits per heavy atom. The maximum Gasteiger partial charge on any atom is 0.258 e. The highest BCUT2D eigenvalue weighted by Crippen LogP contribution is 2.43. The van der Waals surface area contributed by atoms with Crippen molar-refractivity contribution in [3.8, 4) is 0 Å². The second-order valence-electron chi connectivity index (χ2n) is 10.00. The summed E-state index contributed by atoms with van der Waals surface area (Å²) in [4.78, 5) is 12.9. The number of amides is 1. The van der Waals surface area contributed by atoms with E-state index in [0.29, 0.717) is 0 Å². The van der Waals surface area contributed by atoms with Gasteiger partial charge in [0.15, 0.2) is 12.3 Å². The minimum Gasteiger partial charge on any atom is -0.492 e. The summed E-state index contributed by atoms with van der Waals surface area (Å²) >= 11 is 0. The Labute approximate surface area is 195 Å². The quantitative estimate of drug-likeness (QED) is 0.411. The van der Waals surface area contributed by atoms with Crippen LogP contribution in [0.5, 0.6) is 0 Å². The zero-order valence-corrected chi connectivity index (χ0v) is 20.3. The van der Waals surface area contributed by atoms with Crippen LogP contribution in [0.3, 0.4) is 0 Å². The van der Waals surface area contributed by atoms with E-state index < -0.39 is 60.8 Å². The standard InChI is InChI=1S/C23H39NO9/c1-11-7-15(32-13(3)12(11)2)17(27)21(28)24-22-19-18(30-10-31-22)20(29-6)23(4,5)16(33-19)8-14(26)9-25/h7,11-14,16-20,22,25-27H,8-10H2,1-6H3,(H,24,28)/t11-,12-,13-,14-,16-,17+,18+,19+,20-,22-/m1/s1. The maximum absolute atomic E-state index is 12.9. The molecule has 10 heteroatoms.